The van der Waals surface area contributed by atoms with Gasteiger partial charge in [-0.1, -0.05) is 72.8 Å². The molecule has 0 unspecified atom stereocenters. The number of ether oxygens (including phenoxy) is 1. The second-order valence-corrected chi connectivity index (χ2v) is 6.33. The van der Waals surface area contributed by atoms with Crippen molar-refractivity contribution in [2.24, 2.45) is 0 Å². The van der Waals surface area contributed by atoms with Crippen LogP contribution in [0, 0.1) is 6.92 Å². The Morgan fingerprint density at radius 1 is 0.885 bits per heavy atom. The van der Waals surface area contributed by atoms with Gasteiger partial charge in [-0.05, 0) is 42.2 Å². The van der Waals surface area contributed by atoms with Gasteiger partial charge in [0.1, 0.15) is 5.75 Å². The summed E-state index contributed by atoms with van der Waals surface area (Å²) in [5.41, 5.74) is 4.43. The molecule has 3 nitrogen and oxygen atoms in total. The van der Waals surface area contributed by atoms with Gasteiger partial charge in [0.25, 0.3) is 5.91 Å². The fourth-order valence-corrected chi connectivity index (χ4v) is 2.82. The monoisotopic (exact) mass is 345 g/mol. The predicted octanol–water partition coefficient (Wildman–Crippen LogP) is 4.92. The first kappa shape index (κ1) is 17.7. The number of hydrogen-bond donors (Lipinski definition) is 1. The van der Waals surface area contributed by atoms with Gasteiger partial charge in [-0.15, -0.1) is 0 Å². The smallest absolute Gasteiger partial charge is 0.258 e. The lowest BCUT2D eigenvalue weighted by Crippen LogP contribution is -2.31. The number of carbonyl (C=O) groups is 1. The summed E-state index contributed by atoms with van der Waals surface area (Å²) < 4.78 is 5.60. The maximum absolute atomic E-state index is 12.2. The molecule has 0 fully saturated rings. The maximum Gasteiger partial charge on any atom is 0.258 e. The molecule has 3 heteroatoms. The van der Waals surface area contributed by atoms with Crippen LogP contribution in [0.5, 0.6) is 5.75 Å². The van der Waals surface area contributed by atoms with Crippen LogP contribution in [-0.2, 0) is 4.79 Å². The van der Waals surface area contributed by atoms with E-state index in [0.29, 0.717) is 0 Å². The van der Waals surface area contributed by atoms with Crippen molar-refractivity contribution in [1.82, 2.24) is 5.32 Å². The van der Waals surface area contributed by atoms with E-state index in [0.717, 1.165) is 22.4 Å². The number of rotatable bonds is 6. The van der Waals surface area contributed by atoms with E-state index in [4.69, 9.17) is 4.74 Å². The Labute approximate surface area is 154 Å². The molecule has 3 aromatic rings. The van der Waals surface area contributed by atoms with E-state index in [1.807, 2.05) is 56.3 Å². The number of aryl methyl sites for hydroxylation is 1. The molecule has 26 heavy (non-hydrogen) atoms. The number of carbonyl (C=O) groups excluding carboxylic acids is 1. The van der Waals surface area contributed by atoms with Gasteiger partial charge in [0.05, 0.1) is 6.04 Å². The molecule has 1 atom stereocenters. The molecule has 0 radical (unpaired) electrons. The summed E-state index contributed by atoms with van der Waals surface area (Å²) in [4.78, 5) is 12.2. The zero-order valence-corrected chi connectivity index (χ0v) is 15.1. The third kappa shape index (κ3) is 4.51. The minimum atomic E-state index is -0.132. The van der Waals surface area contributed by atoms with Crippen LogP contribution in [0.4, 0.5) is 0 Å². The number of amides is 1. The van der Waals surface area contributed by atoms with Crippen LogP contribution in [0.3, 0.4) is 0 Å². The molecule has 1 N–H and O–H groups in total. The molecule has 0 spiro atoms. The summed E-state index contributed by atoms with van der Waals surface area (Å²) in [6.07, 6.45) is 0. The molecule has 0 aliphatic heterocycles. The van der Waals surface area contributed by atoms with Crippen molar-refractivity contribution in [1.29, 1.82) is 0 Å². The van der Waals surface area contributed by atoms with Gasteiger partial charge in [-0.3, -0.25) is 4.79 Å². The second kappa shape index (κ2) is 8.34. The largest absolute Gasteiger partial charge is 0.484 e. The highest BCUT2D eigenvalue weighted by molar-refractivity contribution is 5.78. The summed E-state index contributed by atoms with van der Waals surface area (Å²) >= 11 is 0. The average Bonchev–Trinajstić information content (AvgIpc) is 2.68. The molecule has 0 aliphatic carbocycles. The van der Waals surface area contributed by atoms with E-state index >= 15 is 0 Å². The quantitative estimate of drug-likeness (QED) is 0.689. The van der Waals surface area contributed by atoms with Gasteiger partial charge in [0.15, 0.2) is 6.61 Å². The molecule has 0 heterocycles. The average molecular weight is 345 g/mol. The number of para-hydroxylation sites is 1. The summed E-state index contributed by atoms with van der Waals surface area (Å²) in [5.74, 6) is 0.607. The van der Waals surface area contributed by atoms with Crippen molar-refractivity contribution in [3.8, 4) is 16.9 Å². The topological polar surface area (TPSA) is 38.3 Å². The zero-order chi connectivity index (χ0) is 18.4. The molecule has 0 saturated heterocycles. The van der Waals surface area contributed by atoms with Crippen molar-refractivity contribution in [3.63, 3.8) is 0 Å². The van der Waals surface area contributed by atoms with Crippen molar-refractivity contribution in [3.05, 3.63) is 90.0 Å². The molecule has 0 aromatic heterocycles. The van der Waals surface area contributed by atoms with Gasteiger partial charge >= 0.3 is 0 Å². The minimum absolute atomic E-state index is 0.0112. The minimum Gasteiger partial charge on any atom is -0.484 e. The molecule has 0 bridgehead atoms. The molecule has 3 rings (SSSR count). The third-order valence-electron chi connectivity index (χ3n) is 4.35. The first-order valence-electron chi connectivity index (χ1n) is 8.76. The van der Waals surface area contributed by atoms with Crippen LogP contribution in [0.15, 0.2) is 78.9 Å². The highest BCUT2D eigenvalue weighted by Gasteiger charge is 2.11. The highest BCUT2D eigenvalue weighted by Crippen LogP contribution is 2.22. The molecule has 0 saturated carbocycles. The molecule has 3 aromatic carbocycles. The van der Waals surface area contributed by atoms with Gasteiger partial charge < -0.3 is 10.1 Å². The first-order valence-corrected chi connectivity index (χ1v) is 8.76. The highest BCUT2D eigenvalue weighted by atomic mass is 16.5. The van der Waals surface area contributed by atoms with Gasteiger partial charge in [-0.2, -0.15) is 0 Å². The lowest BCUT2D eigenvalue weighted by Gasteiger charge is -2.16. The molecular formula is C23H23NO2. The van der Waals surface area contributed by atoms with Crippen molar-refractivity contribution in [2.45, 2.75) is 19.9 Å². The fourth-order valence-electron chi connectivity index (χ4n) is 2.82. The Balaban J connectivity index is 1.56. The number of hydrogen-bond acceptors (Lipinski definition) is 2. The summed E-state index contributed by atoms with van der Waals surface area (Å²) in [5, 5.41) is 2.98. The molecule has 1 amide bonds. The lowest BCUT2D eigenvalue weighted by molar-refractivity contribution is -0.123. The number of benzene rings is 3. The fraction of sp³-hybridized carbons (Fsp3) is 0.174. The van der Waals surface area contributed by atoms with Crippen LogP contribution in [0.25, 0.3) is 11.1 Å². The predicted molar refractivity (Wildman–Crippen MR) is 105 cm³/mol. The van der Waals surface area contributed by atoms with Crippen molar-refractivity contribution in [2.75, 3.05) is 6.61 Å². The summed E-state index contributed by atoms with van der Waals surface area (Å²) in [6.45, 7) is 3.95. The molecule has 0 aliphatic rings. The van der Waals surface area contributed by atoms with Crippen LogP contribution in [0.1, 0.15) is 24.1 Å². The van der Waals surface area contributed by atoms with E-state index < -0.39 is 0 Å². The van der Waals surface area contributed by atoms with E-state index in [2.05, 4.69) is 41.7 Å². The Hall–Kier alpha value is -3.07. The van der Waals surface area contributed by atoms with Crippen LogP contribution in [-0.4, -0.2) is 12.5 Å². The Bertz CT molecular complexity index is 857. The van der Waals surface area contributed by atoms with Crippen molar-refractivity contribution < 1.29 is 9.53 Å². The lowest BCUT2D eigenvalue weighted by atomic mass is 10.0. The van der Waals surface area contributed by atoms with Gasteiger partial charge in [-0.25, -0.2) is 0 Å². The van der Waals surface area contributed by atoms with Crippen LogP contribution >= 0.6 is 0 Å². The summed E-state index contributed by atoms with van der Waals surface area (Å²) in [6, 6.07) is 26.1. The van der Waals surface area contributed by atoms with E-state index in [1.54, 1.807) is 0 Å². The Morgan fingerprint density at radius 3 is 2.19 bits per heavy atom. The summed E-state index contributed by atoms with van der Waals surface area (Å²) in [7, 11) is 0. The van der Waals surface area contributed by atoms with E-state index in [1.165, 1.54) is 5.56 Å². The van der Waals surface area contributed by atoms with E-state index in [9.17, 15) is 4.79 Å². The normalized spacial score (nSPS) is 11.6. The van der Waals surface area contributed by atoms with Gasteiger partial charge in [0, 0.05) is 0 Å². The van der Waals surface area contributed by atoms with Gasteiger partial charge in [0.2, 0.25) is 0 Å². The first-order chi connectivity index (χ1) is 12.6. The SMILES string of the molecule is Cc1ccccc1OCC(=O)N[C@@H](C)c1ccc(-c2ccccc2)cc1. The zero-order valence-electron chi connectivity index (χ0n) is 15.1. The van der Waals surface area contributed by atoms with Crippen LogP contribution in [0.2, 0.25) is 0 Å². The van der Waals surface area contributed by atoms with Crippen molar-refractivity contribution >= 4 is 5.91 Å². The van der Waals surface area contributed by atoms with E-state index in [-0.39, 0.29) is 18.6 Å². The maximum atomic E-state index is 12.2. The van der Waals surface area contributed by atoms with Crippen LogP contribution < -0.4 is 10.1 Å². The molecule has 132 valence electrons. The third-order valence-corrected chi connectivity index (χ3v) is 4.35. The Kier molecular flexibility index (Phi) is 5.69. The molecular weight excluding hydrogens is 322 g/mol. The standard InChI is InChI=1S/C23H23NO2/c1-17-8-6-7-11-22(17)26-16-23(25)24-18(2)19-12-14-21(15-13-19)20-9-4-3-5-10-20/h3-15,18H,16H2,1-2H3,(H,24,25)/t18-/m0/s1. The number of nitrogens with one attached hydrogen (secondary N) is 1. The Morgan fingerprint density at radius 2 is 1.50 bits per heavy atom. The second-order valence-electron chi connectivity index (χ2n) is 6.33.